The summed E-state index contributed by atoms with van der Waals surface area (Å²) in [5.74, 6) is 1.14. The number of amidine groups is 1. The van der Waals surface area contributed by atoms with Crippen LogP contribution < -0.4 is 5.32 Å². The van der Waals surface area contributed by atoms with Crippen molar-refractivity contribution in [2.24, 2.45) is 4.99 Å². The van der Waals surface area contributed by atoms with Gasteiger partial charge in [0, 0.05) is 31.6 Å². The molecule has 0 aliphatic carbocycles. The molecule has 1 saturated heterocycles. The van der Waals surface area contributed by atoms with E-state index in [-0.39, 0.29) is 0 Å². The van der Waals surface area contributed by atoms with E-state index < -0.39 is 0 Å². The molecule has 0 aromatic heterocycles. The fourth-order valence-corrected chi connectivity index (χ4v) is 2.04. The Morgan fingerprint density at radius 3 is 3.15 bits per heavy atom. The van der Waals surface area contributed by atoms with Crippen LogP contribution in [0.1, 0.15) is 20.3 Å². The van der Waals surface area contributed by atoms with Crippen molar-refractivity contribution >= 4 is 16.9 Å². The largest absolute Gasteiger partial charge is 0.382 e. The van der Waals surface area contributed by atoms with Gasteiger partial charge >= 0.3 is 0 Å². The molecule has 1 atom stereocenters. The Hall–Kier alpha value is -0.220. The monoisotopic (exact) mass is 202 g/mol. The maximum absolute atomic E-state index is 5.22. The Bertz CT molecular complexity index is 173. The molecule has 1 N–H and O–H groups in total. The second-order valence-corrected chi connectivity index (χ2v) is 4.10. The van der Waals surface area contributed by atoms with Gasteiger partial charge in [0.25, 0.3) is 0 Å². The zero-order valence-electron chi connectivity index (χ0n) is 8.38. The SMILES string of the molecule is CCOCCCN=C1NC(C)CS1. The smallest absolute Gasteiger partial charge is 0.156 e. The first-order valence-corrected chi connectivity index (χ1v) is 5.83. The summed E-state index contributed by atoms with van der Waals surface area (Å²) in [5, 5.41) is 4.42. The van der Waals surface area contributed by atoms with Crippen molar-refractivity contribution in [2.45, 2.75) is 26.3 Å². The third kappa shape index (κ3) is 4.52. The summed E-state index contributed by atoms with van der Waals surface area (Å²) >= 11 is 1.81. The Labute approximate surface area is 84.3 Å². The minimum atomic E-state index is 0.579. The second kappa shape index (κ2) is 6.27. The minimum Gasteiger partial charge on any atom is -0.382 e. The highest BCUT2D eigenvalue weighted by atomic mass is 32.2. The maximum Gasteiger partial charge on any atom is 0.156 e. The molecule has 76 valence electrons. The Morgan fingerprint density at radius 1 is 1.69 bits per heavy atom. The highest BCUT2D eigenvalue weighted by Gasteiger charge is 2.14. The quantitative estimate of drug-likeness (QED) is 0.686. The van der Waals surface area contributed by atoms with E-state index >= 15 is 0 Å². The third-order valence-electron chi connectivity index (χ3n) is 1.75. The number of nitrogens with zero attached hydrogens (tertiary/aromatic N) is 1. The molecular weight excluding hydrogens is 184 g/mol. The van der Waals surface area contributed by atoms with Gasteiger partial charge in [0.15, 0.2) is 5.17 Å². The Kier molecular flexibility index (Phi) is 5.23. The van der Waals surface area contributed by atoms with Gasteiger partial charge in [-0.15, -0.1) is 0 Å². The molecule has 1 unspecified atom stereocenters. The zero-order chi connectivity index (χ0) is 9.52. The van der Waals surface area contributed by atoms with Gasteiger partial charge in [-0.2, -0.15) is 0 Å². The number of aliphatic imine (C=N–C) groups is 1. The fraction of sp³-hybridized carbons (Fsp3) is 0.889. The number of nitrogens with one attached hydrogen (secondary N) is 1. The summed E-state index contributed by atoms with van der Waals surface area (Å²) in [6.07, 6.45) is 1.02. The summed E-state index contributed by atoms with van der Waals surface area (Å²) in [7, 11) is 0. The van der Waals surface area contributed by atoms with Crippen molar-refractivity contribution in [2.75, 3.05) is 25.5 Å². The lowest BCUT2D eigenvalue weighted by Crippen LogP contribution is -2.23. The van der Waals surface area contributed by atoms with Crippen LogP contribution in [0.25, 0.3) is 0 Å². The van der Waals surface area contributed by atoms with Crippen molar-refractivity contribution in [3.63, 3.8) is 0 Å². The third-order valence-corrected chi connectivity index (χ3v) is 2.93. The van der Waals surface area contributed by atoms with Crippen LogP contribution in [-0.4, -0.2) is 36.7 Å². The summed E-state index contributed by atoms with van der Waals surface area (Å²) in [4.78, 5) is 4.43. The molecule has 0 saturated carbocycles. The summed E-state index contributed by atoms with van der Waals surface area (Å²) < 4.78 is 5.22. The van der Waals surface area contributed by atoms with Crippen LogP contribution in [0.15, 0.2) is 4.99 Å². The molecule has 0 spiro atoms. The molecule has 0 aromatic rings. The highest BCUT2D eigenvalue weighted by molar-refractivity contribution is 8.14. The van der Waals surface area contributed by atoms with Crippen molar-refractivity contribution in [3.05, 3.63) is 0 Å². The lowest BCUT2D eigenvalue weighted by Gasteiger charge is -2.01. The second-order valence-electron chi connectivity index (χ2n) is 3.09. The van der Waals surface area contributed by atoms with Gasteiger partial charge in [-0.3, -0.25) is 4.99 Å². The average molecular weight is 202 g/mol. The van der Waals surface area contributed by atoms with Crippen LogP contribution in [0, 0.1) is 0 Å². The Balaban J connectivity index is 2.03. The van der Waals surface area contributed by atoms with E-state index in [1.807, 2.05) is 18.7 Å². The van der Waals surface area contributed by atoms with E-state index in [9.17, 15) is 0 Å². The van der Waals surface area contributed by atoms with E-state index in [4.69, 9.17) is 4.74 Å². The van der Waals surface area contributed by atoms with E-state index in [1.54, 1.807) is 0 Å². The molecular formula is C9H18N2OS. The van der Waals surface area contributed by atoms with Crippen molar-refractivity contribution < 1.29 is 4.74 Å². The van der Waals surface area contributed by atoms with Crippen LogP contribution in [0.5, 0.6) is 0 Å². The average Bonchev–Trinajstić information content (AvgIpc) is 2.51. The molecule has 13 heavy (non-hydrogen) atoms. The van der Waals surface area contributed by atoms with Crippen LogP contribution in [0.2, 0.25) is 0 Å². The normalized spacial score (nSPS) is 25.1. The van der Waals surface area contributed by atoms with Gasteiger partial charge in [-0.25, -0.2) is 0 Å². The number of hydrogen-bond acceptors (Lipinski definition) is 3. The van der Waals surface area contributed by atoms with Gasteiger partial charge in [0.1, 0.15) is 0 Å². The highest BCUT2D eigenvalue weighted by Crippen LogP contribution is 2.12. The van der Waals surface area contributed by atoms with E-state index in [0.29, 0.717) is 6.04 Å². The number of thioether (sulfide) groups is 1. The van der Waals surface area contributed by atoms with Gasteiger partial charge < -0.3 is 10.1 Å². The van der Waals surface area contributed by atoms with Gasteiger partial charge in [0.05, 0.1) is 0 Å². The first kappa shape index (κ1) is 10.9. The molecule has 4 heteroatoms. The maximum atomic E-state index is 5.22. The lowest BCUT2D eigenvalue weighted by atomic mass is 10.4. The van der Waals surface area contributed by atoms with Gasteiger partial charge in [-0.1, -0.05) is 11.8 Å². The van der Waals surface area contributed by atoms with Crippen molar-refractivity contribution in [1.29, 1.82) is 0 Å². The number of ether oxygens (including phenoxy) is 1. The van der Waals surface area contributed by atoms with Gasteiger partial charge in [0.2, 0.25) is 0 Å². The fourth-order valence-electron chi connectivity index (χ4n) is 1.08. The number of rotatable bonds is 5. The minimum absolute atomic E-state index is 0.579. The van der Waals surface area contributed by atoms with Crippen LogP contribution in [0.4, 0.5) is 0 Å². The van der Waals surface area contributed by atoms with Crippen LogP contribution in [0.3, 0.4) is 0 Å². The van der Waals surface area contributed by atoms with E-state index in [1.165, 1.54) is 0 Å². The predicted octanol–water partition coefficient (Wildman–Crippen LogP) is 1.49. The molecule has 0 aromatic carbocycles. The summed E-state index contributed by atoms with van der Waals surface area (Å²) in [5.41, 5.74) is 0. The van der Waals surface area contributed by atoms with E-state index in [2.05, 4.69) is 17.2 Å². The first-order chi connectivity index (χ1) is 6.33. The van der Waals surface area contributed by atoms with Crippen LogP contribution >= 0.6 is 11.8 Å². The topological polar surface area (TPSA) is 33.6 Å². The molecule has 0 radical (unpaired) electrons. The summed E-state index contributed by atoms with van der Waals surface area (Å²) in [6, 6.07) is 0.579. The molecule has 1 fully saturated rings. The molecule has 1 aliphatic heterocycles. The Morgan fingerprint density at radius 2 is 2.54 bits per heavy atom. The number of hydrogen-bond donors (Lipinski definition) is 1. The van der Waals surface area contributed by atoms with E-state index in [0.717, 1.165) is 37.1 Å². The predicted molar refractivity (Wildman–Crippen MR) is 58.5 cm³/mol. The molecule has 0 amide bonds. The molecule has 1 aliphatic rings. The van der Waals surface area contributed by atoms with Crippen molar-refractivity contribution in [1.82, 2.24) is 5.32 Å². The van der Waals surface area contributed by atoms with Crippen LogP contribution in [-0.2, 0) is 4.74 Å². The van der Waals surface area contributed by atoms with Crippen molar-refractivity contribution in [3.8, 4) is 0 Å². The molecule has 3 nitrogen and oxygen atoms in total. The molecule has 1 heterocycles. The molecule has 0 bridgehead atoms. The lowest BCUT2D eigenvalue weighted by molar-refractivity contribution is 0.146. The van der Waals surface area contributed by atoms with Gasteiger partial charge in [-0.05, 0) is 20.3 Å². The standard InChI is InChI=1S/C9H18N2OS/c1-3-12-6-4-5-10-9-11-8(2)7-13-9/h8H,3-7H2,1-2H3,(H,10,11). The zero-order valence-corrected chi connectivity index (χ0v) is 9.19. The summed E-state index contributed by atoms with van der Waals surface area (Å²) in [6.45, 7) is 6.70. The molecule has 1 rings (SSSR count). The first-order valence-electron chi connectivity index (χ1n) is 4.84.